The molecular formula is C44H54N4O5. The number of hydrogen-bond donors (Lipinski definition) is 4. The van der Waals surface area contributed by atoms with Crippen LogP contribution < -0.4 is 15.4 Å². The van der Waals surface area contributed by atoms with E-state index in [0.717, 1.165) is 60.1 Å². The van der Waals surface area contributed by atoms with Gasteiger partial charge in [0.05, 0.1) is 13.2 Å². The summed E-state index contributed by atoms with van der Waals surface area (Å²) in [5, 5.41) is 19.9. The standard InChI is InChI=1S/C44H54N4O5/c1-4-30-11-13-37(53-29(2)49)22-36(50)23-40(31-12-14-41(51)42(20-31)52-3)48-27-32-9-8-10-39(38(32)28-48)47-43-21-35(15-18-46-43)44(16-6-5-7-17-44)24-34-26-45-25-33(34)19-30/h8-10,12,14-15,20-21,25-28,30,37,40,45-47,51H,4-7,11,13,16-19,22-24H2,1-3H3. The van der Waals surface area contributed by atoms with E-state index in [1.165, 1.54) is 62.8 Å². The number of allylic oxidation sites excluding steroid dienone is 2. The Labute approximate surface area is 312 Å². The van der Waals surface area contributed by atoms with Gasteiger partial charge in [0.2, 0.25) is 0 Å². The molecule has 280 valence electrons. The van der Waals surface area contributed by atoms with Gasteiger partial charge in [0.1, 0.15) is 17.7 Å². The summed E-state index contributed by atoms with van der Waals surface area (Å²) in [6.07, 6.45) is 23.7. The molecule has 0 amide bonds. The molecule has 9 heteroatoms. The number of esters is 1. The molecule has 4 bridgehead atoms. The number of phenols is 1. The van der Waals surface area contributed by atoms with Crippen molar-refractivity contribution >= 4 is 28.2 Å². The van der Waals surface area contributed by atoms with Crippen LogP contribution in [-0.2, 0) is 27.2 Å². The molecule has 2 aromatic carbocycles. The Bertz CT molecular complexity index is 2000. The second-order valence-electron chi connectivity index (χ2n) is 15.4. The number of carbonyl (C=O) groups is 2. The molecule has 1 saturated carbocycles. The number of phenolic OH excluding ortho intramolecular Hbond substituents is 1. The fourth-order valence-electron chi connectivity index (χ4n) is 9.02. The van der Waals surface area contributed by atoms with Gasteiger partial charge in [-0.1, -0.05) is 56.9 Å². The summed E-state index contributed by atoms with van der Waals surface area (Å²) in [4.78, 5) is 29.8. The molecule has 3 atom stereocenters. The van der Waals surface area contributed by atoms with Crippen molar-refractivity contribution in [3.05, 3.63) is 101 Å². The maximum absolute atomic E-state index is 14.0. The smallest absolute Gasteiger partial charge is 0.302 e. The lowest BCUT2D eigenvalue weighted by Gasteiger charge is -2.40. The van der Waals surface area contributed by atoms with Crippen molar-refractivity contribution in [2.75, 3.05) is 19.0 Å². The van der Waals surface area contributed by atoms with Crippen LogP contribution >= 0.6 is 0 Å². The molecule has 2 aromatic heterocycles. The van der Waals surface area contributed by atoms with Crippen molar-refractivity contribution in [3.63, 3.8) is 0 Å². The largest absolute Gasteiger partial charge is 0.504 e. The Morgan fingerprint density at radius 1 is 1.02 bits per heavy atom. The van der Waals surface area contributed by atoms with Crippen LogP contribution in [0.25, 0.3) is 10.8 Å². The van der Waals surface area contributed by atoms with Crippen molar-refractivity contribution < 1.29 is 24.2 Å². The molecule has 3 unspecified atom stereocenters. The summed E-state index contributed by atoms with van der Waals surface area (Å²) in [5.41, 5.74) is 6.06. The summed E-state index contributed by atoms with van der Waals surface area (Å²) in [6.45, 7) is 4.42. The predicted molar refractivity (Wildman–Crippen MR) is 209 cm³/mol. The van der Waals surface area contributed by atoms with Gasteiger partial charge < -0.3 is 34.8 Å². The fourth-order valence-corrected chi connectivity index (χ4v) is 9.02. The third kappa shape index (κ3) is 8.19. The summed E-state index contributed by atoms with van der Waals surface area (Å²) >= 11 is 0. The number of methoxy groups -OCH3 is 1. The number of aromatic nitrogens is 2. The summed E-state index contributed by atoms with van der Waals surface area (Å²) in [5.74, 6) is 1.40. The van der Waals surface area contributed by atoms with Crippen LogP contribution in [0, 0.1) is 11.3 Å². The highest BCUT2D eigenvalue weighted by molar-refractivity contribution is 5.94. The SMILES string of the molecule is CCC1CCC(OC(C)=O)CC(=O)CC(c2ccc(O)c(OC)c2)n2cc3cccc(c3c2)NC2=CC(=CCN2)C2(CCCCC2)Cc2c[nH]cc2C1. The topological polar surface area (TPSA) is 118 Å². The molecule has 2 aliphatic heterocycles. The number of hydrogen-bond acceptors (Lipinski definition) is 7. The van der Waals surface area contributed by atoms with Gasteiger partial charge in [-0.25, -0.2) is 0 Å². The number of aromatic amines is 1. The Morgan fingerprint density at radius 2 is 1.85 bits per heavy atom. The number of rotatable bonds is 4. The number of carbonyl (C=O) groups excluding carboxylic acids is 2. The molecule has 1 fully saturated rings. The monoisotopic (exact) mass is 718 g/mol. The quantitative estimate of drug-likeness (QED) is 0.156. The van der Waals surface area contributed by atoms with E-state index < -0.39 is 6.10 Å². The van der Waals surface area contributed by atoms with Crippen molar-refractivity contribution in [3.8, 4) is 11.5 Å². The number of nitrogens with one attached hydrogen (secondary N) is 3. The highest BCUT2D eigenvalue weighted by Crippen LogP contribution is 2.47. The van der Waals surface area contributed by atoms with Crippen molar-refractivity contribution in [2.45, 2.75) is 103 Å². The number of aromatic hydroxyl groups is 1. The van der Waals surface area contributed by atoms with Crippen LogP contribution in [0.15, 0.2) is 84.7 Å². The van der Waals surface area contributed by atoms with Crippen molar-refractivity contribution in [1.29, 1.82) is 0 Å². The Hall–Kier alpha value is -4.92. The van der Waals surface area contributed by atoms with Crippen LogP contribution in [0.1, 0.15) is 101 Å². The van der Waals surface area contributed by atoms with E-state index >= 15 is 0 Å². The first-order valence-corrected chi connectivity index (χ1v) is 19.5. The fraction of sp³-hybridized carbons (Fsp3) is 0.455. The lowest BCUT2D eigenvalue weighted by Crippen LogP contribution is -2.33. The zero-order chi connectivity index (χ0) is 37.0. The third-order valence-corrected chi connectivity index (χ3v) is 11.9. The third-order valence-electron chi connectivity index (χ3n) is 11.9. The average Bonchev–Trinajstić information content (AvgIpc) is 3.79. The summed E-state index contributed by atoms with van der Waals surface area (Å²) in [7, 11) is 1.52. The molecule has 4 N–H and O–H groups in total. The van der Waals surface area contributed by atoms with Crippen LogP contribution in [0.4, 0.5) is 5.69 Å². The molecule has 1 spiro atoms. The van der Waals surface area contributed by atoms with E-state index in [9.17, 15) is 14.7 Å². The van der Waals surface area contributed by atoms with E-state index in [0.29, 0.717) is 18.1 Å². The van der Waals surface area contributed by atoms with Gasteiger partial charge >= 0.3 is 5.97 Å². The van der Waals surface area contributed by atoms with Gasteiger partial charge in [0, 0.05) is 67.6 Å². The molecule has 1 aliphatic carbocycles. The number of H-pyrrole nitrogens is 1. The number of nitrogens with zero attached hydrogens (tertiary/aromatic N) is 1. The number of ketones is 1. The number of Topliss-reactive ketones (excluding diaryl/α,β-unsaturated/α-hetero) is 1. The zero-order valence-corrected chi connectivity index (χ0v) is 31.4. The number of ether oxygens (including phenoxy) is 2. The van der Waals surface area contributed by atoms with E-state index in [-0.39, 0.29) is 41.8 Å². The summed E-state index contributed by atoms with van der Waals surface area (Å²) < 4.78 is 13.4. The van der Waals surface area contributed by atoms with Gasteiger partial charge in [-0.05, 0) is 96.4 Å². The van der Waals surface area contributed by atoms with Gasteiger partial charge in [0.15, 0.2) is 11.5 Å². The predicted octanol–water partition coefficient (Wildman–Crippen LogP) is 8.89. The minimum Gasteiger partial charge on any atom is -0.504 e. The minimum atomic E-state index is -0.500. The molecule has 3 aliphatic rings. The normalized spacial score (nSPS) is 22.5. The molecule has 53 heavy (non-hydrogen) atoms. The maximum Gasteiger partial charge on any atom is 0.302 e. The minimum absolute atomic E-state index is 0.00455. The molecule has 7 rings (SSSR count). The number of dihydropyridines is 1. The Kier molecular flexibility index (Phi) is 11.0. The van der Waals surface area contributed by atoms with Crippen LogP contribution in [-0.4, -0.2) is 46.2 Å². The first-order chi connectivity index (χ1) is 25.7. The van der Waals surface area contributed by atoms with E-state index in [4.69, 9.17) is 9.47 Å². The van der Waals surface area contributed by atoms with Gasteiger partial charge in [-0.15, -0.1) is 0 Å². The zero-order valence-electron chi connectivity index (χ0n) is 31.4. The van der Waals surface area contributed by atoms with Crippen molar-refractivity contribution in [2.24, 2.45) is 11.3 Å². The number of benzene rings is 2. The average molecular weight is 719 g/mol. The second-order valence-corrected chi connectivity index (χ2v) is 15.4. The molecule has 9 nitrogen and oxygen atoms in total. The number of anilines is 1. The van der Waals surface area contributed by atoms with Gasteiger partial charge in [0.25, 0.3) is 0 Å². The summed E-state index contributed by atoms with van der Waals surface area (Å²) in [6, 6.07) is 11.1. The second kappa shape index (κ2) is 16.0. The van der Waals surface area contributed by atoms with Crippen LogP contribution in [0.3, 0.4) is 0 Å². The Morgan fingerprint density at radius 3 is 2.64 bits per heavy atom. The highest BCUT2D eigenvalue weighted by atomic mass is 16.5. The molecule has 4 aromatic rings. The lowest BCUT2D eigenvalue weighted by molar-refractivity contribution is -0.148. The highest BCUT2D eigenvalue weighted by Gasteiger charge is 2.37. The van der Waals surface area contributed by atoms with E-state index in [1.807, 2.05) is 6.07 Å². The molecule has 0 saturated heterocycles. The van der Waals surface area contributed by atoms with Gasteiger partial charge in [-0.3, -0.25) is 9.59 Å². The lowest BCUT2D eigenvalue weighted by atomic mass is 9.65. The van der Waals surface area contributed by atoms with Crippen molar-refractivity contribution in [1.82, 2.24) is 14.9 Å². The molecular weight excluding hydrogens is 665 g/mol. The van der Waals surface area contributed by atoms with Gasteiger partial charge in [-0.2, -0.15) is 0 Å². The van der Waals surface area contributed by atoms with E-state index in [1.54, 1.807) is 12.1 Å². The number of fused-ring (bicyclic) bond motifs is 4. The molecule has 0 radical (unpaired) electrons. The first-order valence-electron chi connectivity index (χ1n) is 19.5. The van der Waals surface area contributed by atoms with Crippen LogP contribution in [0.2, 0.25) is 0 Å². The maximum atomic E-state index is 14.0. The van der Waals surface area contributed by atoms with Crippen LogP contribution in [0.5, 0.6) is 11.5 Å². The molecule has 4 heterocycles. The van der Waals surface area contributed by atoms with E-state index in [2.05, 4.69) is 82.2 Å². The Balaban J connectivity index is 1.31. The first kappa shape index (κ1) is 36.4.